The molecule has 1 aromatic heterocycles. The number of urea groups is 1. The number of hydrogen-bond donors (Lipinski definition) is 2. The van der Waals surface area contributed by atoms with E-state index in [0.717, 1.165) is 54.5 Å². The van der Waals surface area contributed by atoms with Gasteiger partial charge >= 0.3 is 6.03 Å². The molecule has 3 aromatic rings. The summed E-state index contributed by atoms with van der Waals surface area (Å²) in [5, 5.41) is 14.6. The van der Waals surface area contributed by atoms with Crippen LogP contribution in [0.2, 0.25) is 0 Å². The summed E-state index contributed by atoms with van der Waals surface area (Å²) in [6, 6.07) is 19.0. The van der Waals surface area contributed by atoms with Crippen LogP contribution in [0.25, 0.3) is 11.3 Å². The van der Waals surface area contributed by atoms with Crippen LogP contribution >= 0.6 is 0 Å². The fourth-order valence-corrected chi connectivity index (χ4v) is 3.44. The van der Waals surface area contributed by atoms with Crippen molar-refractivity contribution in [2.24, 2.45) is 0 Å². The molecule has 4 rings (SSSR count). The molecule has 0 atom stereocenters. The Morgan fingerprint density at radius 2 is 1.70 bits per heavy atom. The molecule has 0 aliphatic carbocycles. The largest absolute Gasteiger partial charge is 0.353 e. The second kappa shape index (κ2) is 8.92. The summed E-state index contributed by atoms with van der Waals surface area (Å²) in [7, 11) is 2.13. The van der Waals surface area contributed by atoms with Crippen LogP contribution in [0.1, 0.15) is 5.56 Å². The third-order valence-electron chi connectivity index (χ3n) is 5.29. The van der Waals surface area contributed by atoms with Crippen molar-refractivity contribution < 1.29 is 4.79 Å². The number of carbonyl (C=O) groups is 1. The van der Waals surface area contributed by atoms with Crippen LogP contribution in [0.3, 0.4) is 0 Å². The Morgan fingerprint density at radius 3 is 2.43 bits per heavy atom. The van der Waals surface area contributed by atoms with Crippen molar-refractivity contribution >= 4 is 23.2 Å². The predicted molar refractivity (Wildman–Crippen MR) is 121 cm³/mol. The Bertz CT molecular complexity index is 1010. The molecule has 0 unspecified atom stereocenters. The molecule has 154 valence electrons. The second-order valence-corrected chi connectivity index (χ2v) is 7.54. The van der Waals surface area contributed by atoms with E-state index in [1.54, 1.807) is 0 Å². The summed E-state index contributed by atoms with van der Waals surface area (Å²) in [5.41, 5.74) is 4.18. The average Bonchev–Trinajstić information content (AvgIpc) is 2.76. The minimum absolute atomic E-state index is 0.280. The van der Waals surface area contributed by atoms with Crippen molar-refractivity contribution in [3.8, 4) is 11.3 Å². The first-order valence-electron chi connectivity index (χ1n) is 10.1. The normalized spacial score (nSPS) is 14.4. The highest BCUT2D eigenvalue weighted by Crippen LogP contribution is 2.23. The second-order valence-electron chi connectivity index (χ2n) is 7.54. The lowest BCUT2D eigenvalue weighted by Gasteiger charge is -2.32. The van der Waals surface area contributed by atoms with Gasteiger partial charge in [0.1, 0.15) is 0 Å². The third kappa shape index (κ3) is 4.75. The van der Waals surface area contributed by atoms with Crippen molar-refractivity contribution in [3.63, 3.8) is 0 Å². The van der Waals surface area contributed by atoms with Crippen molar-refractivity contribution in [1.29, 1.82) is 0 Å². The molecule has 7 heteroatoms. The van der Waals surface area contributed by atoms with Gasteiger partial charge in [0.15, 0.2) is 5.82 Å². The highest BCUT2D eigenvalue weighted by Gasteiger charge is 2.15. The number of aryl methyl sites for hydroxylation is 1. The Balaban J connectivity index is 1.43. The van der Waals surface area contributed by atoms with Crippen LogP contribution < -0.4 is 15.5 Å². The lowest BCUT2D eigenvalue weighted by atomic mass is 10.1. The van der Waals surface area contributed by atoms with Crippen LogP contribution in [0.15, 0.2) is 60.7 Å². The Labute approximate surface area is 176 Å². The molecule has 2 heterocycles. The van der Waals surface area contributed by atoms with Crippen LogP contribution in [0.4, 0.5) is 22.0 Å². The number of nitrogens with one attached hydrogen (secondary N) is 2. The van der Waals surface area contributed by atoms with Gasteiger partial charge in [-0.1, -0.05) is 30.3 Å². The summed E-state index contributed by atoms with van der Waals surface area (Å²) >= 11 is 0. The molecule has 0 bridgehead atoms. The van der Waals surface area contributed by atoms with E-state index >= 15 is 0 Å². The van der Waals surface area contributed by atoms with E-state index in [-0.39, 0.29) is 6.03 Å². The Kier molecular flexibility index (Phi) is 5.90. The number of piperazine rings is 1. The molecule has 1 aliphatic rings. The number of para-hydroxylation sites is 1. The van der Waals surface area contributed by atoms with Gasteiger partial charge in [-0.2, -0.15) is 0 Å². The molecule has 30 heavy (non-hydrogen) atoms. The molecule has 0 spiro atoms. The van der Waals surface area contributed by atoms with Crippen molar-refractivity contribution in [1.82, 2.24) is 15.1 Å². The minimum Gasteiger partial charge on any atom is -0.353 e. The summed E-state index contributed by atoms with van der Waals surface area (Å²) in [6.45, 7) is 5.93. The monoisotopic (exact) mass is 402 g/mol. The first-order chi connectivity index (χ1) is 14.6. The molecule has 0 radical (unpaired) electrons. The lowest BCUT2D eigenvalue weighted by Crippen LogP contribution is -2.44. The van der Waals surface area contributed by atoms with Gasteiger partial charge < -0.3 is 20.4 Å². The first kappa shape index (κ1) is 19.8. The number of carbonyl (C=O) groups excluding carboxylic acids is 1. The number of likely N-dealkylation sites (N-methyl/N-ethyl adjacent to an activating group) is 1. The molecule has 7 nitrogen and oxygen atoms in total. The van der Waals surface area contributed by atoms with E-state index in [2.05, 4.69) is 37.7 Å². The molecule has 2 N–H and O–H groups in total. The van der Waals surface area contributed by atoms with Gasteiger partial charge in [0.05, 0.1) is 5.69 Å². The average molecular weight is 403 g/mol. The number of aromatic nitrogens is 2. The number of hydrogen-bond acceptors (Lipinski definition) is 5. The van der Waals surface area contributed by atoms with E-state index in [0.29, 0.717) is 5.69 Å². The summed E-state index contributed by atoms with van der Waals surface area (Å²) in [6.07, 6.45) is 0. The Morgan fingerprint density at radius 1 is 0.900 bits per heavy atom. The third-order valence-corrected chi connectivity index (χ3v) is 5.29. The smallest absolute Gasteiger partial charge is 0.323 e. The highest BCUT2D eigenvalue weighted by molar-refractivity contribution is 6.00. The minimum atomic E-state index is -0.280. The van der Waals surface area contributed by atoms with Gasteiger partial charge in [0, 0.05) is 43.1 Å². The number of rotatable bonds is 4. The van der Waals surface area contributed by atoms with Gasteiger partial charge in [-0.25, -0.2) is 4.79 Å². The molecule has 0 saturated carbocycles. The van der Waals surface area contributed by atoms with Gasteiger partial charge in [-0.05, 0) is 49.9 Å². The standard InChI is InChI=1S/C23H26N6O/c1-17-6-3-4-9-20(17)25-23(30)24-19-8-5-7-18(16-19)21-10-11-22(27-26-21)29-14-12-28(2)13-15-29/h3-11,16H,12-15H2,1-2H3,(H2,24,25,30). The first-order valence-corrected chi connectivity index (χ1v) is 10.1. The molecule has 2 aromatic carbocycles. The van der Waals surface area contributed by atoms with Crippen LogP contribution in [0.5, 0.6) is 0 Å². The molecule has 1 fully saturated rings. The number of amides is 2. The number of anilines is 3. The van der Waals surface area contributed by atoms with E-state index in [4.69, 9.17) is 0 Å². The van der Waals surface area contributed by atoms with E-state index in [9.17, 15) is 4.79 Å². The van der Waals surface area contributed by atoms with Crippen molar-refractivity contribution in [2.45, 2.75) is 6.92 Å². The molecule has 2 amide bonds. The van der Waals surface area contributed by atoms with Crippen LogP contribution in [-0.2, 0) is 0 Å². The van der Waals surface area contributed by atoms with Crippen molar-refractivity contribution in [3.05, 3.63) is 66.2 Å². The van der Waals surface area contributed by atoms with E-state index < -0.39 is 0 Å². The predicted octanol–water partition coefficient (Wildman–Crippen LogP) is 3.85. The maximum Gasteiger partial charge on any atom is 0.323 e. The summed E-state index contributed by atoms with van der Waals surface area (Å²) in [5.74, 6) is 0.902. The molecular formula is C23H26N6O. The lowest BCUT2D eigenvalue weighted by molar-refractivity contribution is 0.262. The topological polar surface area (TPSA) is 73.4 Å². The maximum absolute atomic E-state index is 12.4. The van der Waals surface area contributed by atoms with Crippen LogP contribution in [0, 0.1) is 6.92 Å². The maximum atomic E-state index is 12.4. The van der Waals surface area contributed by atoms with Gasteiger partial charge in [-0.3, -0.25) is 0 Å². The van der Waals surface area contributed by atoms with Crippen molar-refractivity contribution in [2.75, 3.05) is 48.8 Å². The number of benzene rings is 2. The summed E-state index contributed by atoms with van der Waals surface area (Å²) in [4.78, 5) is 16.9. The number of nitrogens with zero attached hydrogens (tertiary/aromatic N) is 4. The van der Waals surface area contributed by atoms with E-state index in [1.807, 2.05) is 67.6 Å². The zero-order valence-corrected chi connectivity index (χ0v) is 17.3. The fraction of sp³-hybridized carbons (Fsp3) is 0.261. The Hall–Kier alpha value is -3.45. The van der Waals surface area contributed by atoms with Crippen LogP contribution in [-0.4, -0.2) is 54.4 Å². The van der Waals surface area contributed by atoms with Gasteiger partial charge in [0.2, 0.25) is 0 Å². The molecular weight excluding hydrogens is 376 g/mol. The quantitative estimate of drug-likeness (QED) is 0.694. The van der Waals surface area contributed by atoms with E-state index in [1.165, 1.54) is 0 Å². The SMILES string of the molecule is Cc1ccccc1NC(=O)Nc1cccc(-c2ccc(N3CCN(C)CC3)nn2)c1. The fourth-order valence-electron chi connectivity index (χ4n) is 3.44. The van der Waals surface area contributed by atoms with Gasteiger partial charge in [-0.15, -0.1) is 10.2 Å². The molecule has 1 aliphatic heterocycles. The van der Waals surface area contributed by atoms with Gasteiger partial charge in [0.25, 0.3) is 0 Å². The highest BCUT2D eigenvalue weighted by atomic mass is 16.2. The zero-order valence-electron chi connectivity index (χ0n) is 17.3. The zero-order chi connectivity index (χ0) is 20.9. The molecule has 1 saturated heterocycles. The summed E-state index contributed by atoms with van der Waals surface area (Å²) < 4.78 is 0.